The van der Waals surface area contributed by atoms with Gasteiger partial charge in [0.05, 0.1) is 12.0 Å². The third-order valence-electron chi connectivity index (χ3n) is 2.66. The molecule has 0 aliphatic carbocycles. The number of ketones is 2. The summed E-state index contributed by atoms with van der Waals surface area (Å²) in [6, 6.07) is 4.99. The molecular weight excluding hydrogens is 204 g/mol. The molecular formula is C13H14O3. The molecule has 1 aliphatic heterocycles. The number of ether oxygens (including phenoxy) is 1. The van der Waals surface area contributed by atoms with Crippen molar-refractivity contribution in [1.82, 2.24) is 0 Å². The number of carbonyl (C=O) groups is 2. The average molecular weight is 218 g/mol. The van der Waals surface area contributed by atoms with E-state index in [0.29, 0.717) is 23.3 Å². The summed E-state index contributed by atoms with van der Waals surface area (Å²) in [4.78, 5) is 23.1. The fourth-order valence-corrected chi connectivity index (χ4v) is 1.87. The van der Waals surface area contributed by atoms with E-state index in [2.05, 4.69) is 0 Å². The Morgan fingerprint density at radius 2 is 2.06 bits per heavy atom. The van der Waals surface area contributed by atoms with Gasteiger partial charge in [-0.05, 0) is 32.9 Å². The van der Waals surface area contributed by atoms with E-state index in [1.807, 2.05) is 13.8 Å². The van der Waals surface area contributed by atoms with Crippen LogP contribution in [0.1, 0.15) is 47.9 Å². The first kappa shape index (κ1) is 10.9. The van der Waals surface area contributed by atoms with Crippen LogP contribution in [0.25, 0.3) is 0 Å². The van der Waals surface area contributed by atoms with Crippen LogP contribution in [0.2, 0.25) is 0 Å². The molecule has 0 saturated heterocycles. The smallest absolute Gasteiger partial charge is 0.170 e. The highest BCUT2D eigenvalue weighted by atomic mass is 16.5. The summed E-state index contributed by atoms with van der Waals surface area (Å²) in [6.07, 6.45) is 0.374. The molecule has 0 spiro atoms. The Bertz CT molecular complexity index is 472. The zero-order valence-corrected chi connectivity index (χ0v) is 9.66. The molecule has 0 bridgehead atoms. The molecule has 0 aromatic heterocycles. The van der Waals surface area contributed by atoms with E-state index in [9.17, 15) is 9.59 Å². The topological polar surface area (TPSA) is 43.4 Å². The summed E-state index contributed by atoms with van der Waals surface area (Å²) in [5.41, 5.74) is 0.660. The highest BCUT2D eigenvalue weighted by molar-refractivity contribution is 6.02. The zero-order chi connectivity index (χ0) is 11.9. The Balaban J connectivity index is 2.50. The summed E-state index contributed by atoms with van der Waals surface area (Å²) in [5.74, 6) is 0.567. The minimum atomic E-state index is -0.487. The molecule has 1 aromatic rings. The van der Waals surface area contributed by atoms with Crippen LogP contribution in [0.15, 0.2) is 18.2 Å². The van der Waals surface area contributed by atoms with Crippen molar-refractivity contribution in [2.45, 2.75) is 32.8 Å². The van der Waals surface area contributed by atoms with E-state index in [4.69, 9.17) is 4.74 Å². The zero-order valence-electron chi connectivity index (χ0n) is 9.66. The van der Waals surface area contributed by atoms with Crippen molar-refractivity contribution in [2.24, 2.45) is 0 Å². The molecule has 16 heavy (non-hydrogen) atoms. The molecule has 0 unspecified atom stereocenters. The fraction of sp³-hybridized carbons (Fsp3) is 0.385. The second kappa shape index (κ2) is 3.44. The molecule has 0 saturated carbocycles. The van der Waals surface area contributed by atoms with E-state index in [0.717, 1.165) is 0 Å². The van der Waals surface area contributed by atoms with Crippen LogP contribution in [0.4, 0.5) is 0 Å². The van der Waals surface area contributed by atoms with Crippen LogP contribution in [-0.2, 0) is 0 Å². The highest BCUT2D eigenvalue weighted by Crippen LogP contribution is 2.33. The van der Waals surface area contributed by atoms with Crippen LogP contribution in [-0.4, -0.2) is 17.2 Å². The van der Waals surface area contributed by atoms with E-state index >= 15 is 0 Å². The second-order valence-corrected chi connectivity index (χ2v) is 4.73. The Morgan fingerprint density at radius 1 is 1.38 bits per heavy atom. The van der Waals surface area contributed by atoms with Crippen molar-refractivity contribution in [3.05, 3.63) is 29.3 Å². The SMILES string of the molecule is CC(=O)c1ccc2c(c1)OC(C)(C)CC2=O. The molecule has 0 fully saturated rings. The minimum Gasteiger partial charge on any atom is -0.487 e. The average Bonchev–Trinajstić information content (AvgIpc) is 2.14. The van der Waals surface area contributed by atoms with Gasteiger partial charge in [0.15, 0.2) is 11.6 Å². The van der Waals surface area contributed by atoms with Crippen LogP contribution in [0.3, 0.4) is 0 Å². The maximum atomic E-state index is 11.8. The molecule has 84 valence electrons. The number of rotatable bonds is 1. The van der Waals surface area contributed by atoms with Gasteiger partial charge in [0.25, 0.3) is 0 Å². The molecule has 1 heterocycles. The largest absolute Gasteiger partial charge is 0.487 e. The van der Waals surface area contributed by atoms with Crippen LogP contribution in [0.5, 0.6) is 5.75 Å². The third-order valence-corrected chi connectivity index (χ3v) is 2.66. The number of carbonyl (C=O) groups excluding carboxylic acids is 2. The summed E-state index contributed by atoms with van der Waals surface area (Å²) < 4.78 is 5.71. The first-order chi connectivity index (χ1) is 7.39. The predicted molar refractivity (Wildman–Crippen MR) is 60.1 cm³/mol. The first-order valence-electron chi connectivity index (χ1n) is 5.26. The Morgan fingerprint density at radius 3 is 2.69 bits per heavy atom. The lowest BCUT2D eigenvalue weighted by Gasteiger charge is -2.31. The van der Waals surface area contributed by atoms with Crippen LogP contribution < -0.4 is 4.74 Å². The van der Waals surface area contributed by atoms with Gasteiger partial charge in [-0.15, -0.1) is 0 Å². The molecule has 3 nitrogen and oxygen atoms in total. The summed E-state index contributed by atoms with van der Waals surface area (Å²) >= 11 is 0. The summed E-state index contributed by atoms with van der Waals surface area (Å²) in [6.45, 7) is 5.24. The lowest BCUT2D eigenvalue weighted by atomic mass is 9.92. The quantitative estimate of drug-likeness (QED) is 0.680. The van der Waals surface area contributed by atoms with Crippen LogP contribution >= 0.6 is 0 Å². The number of hydrogen-bond acceptors (Lipinski definition) is 3. The Hall–Kier alpha value is -1.64. The predicted octanol–water partition coefficient (Wildman–Crippen LogP) is 2.63. The molecule has 3 heteroatoms. The van der Waals surface area contributed by atoms with Gasteiger partial charge in [-0.3, -0.25) is 9.59 Å². The third kappa shape index (κ3) is 1.85. The minimum absolute atomic E-state index is 0.0257. The molecule has 1 aromatic carbocycles. The van der Waals surface area contributed by atoms with Gasteiger partial charge in [0.2, 0.25) is 0 Å². The maximum Gasteiger partial charge on any atom is 0.170 e. The van der Waals surface area contributed by atoms with Crippen molar-refractivity contribution in [3.63, 3.8) is 0 Å². The number of Topliss-reactive ketones (excluding diaryl/α,β-unsaturated/α-hetero) is 2. The summed E-state index contributed by atoms with van der Waals surface area (Å²) in [5, 5.41) is 0. The number of fused-ring (bicyclic) bond motifs is 1. The lowest BCUT2D eigenvalue weighted by Crippen LogP contribution is -2.35. The van der Waals surface area contributed by atoms with Gasteiger partial charge >= 0.3 is 0 Å². The van der Waals surface area contributed by atoms with Gasteiger partial charge in [-0.2, -0.15) is 0 Å². The van der Waals surface area contributed by atoms with Crippen molar-refractivity contribution >= 4 is 11.6 Å². The van der Waals surface area contributed by atoms with E-state index in [1.54, 1.807) is 18.2 Å². The van der Waals surface area contributed by atoms with Gasteiger partial charge < -0.3 is 4.74 Å². The number of hydrogen-bond donors (Lipinski definition) is 0. The van der Waals surface area contributed by atoms with Crippen molar-refractivity contribution in [1.29, 1.82) is 0 Å². The monoisotopic (exact) mass is 218 g/mol. The lowest BCUT2D eigenvalue weighted by molar-refractivity contribution is 0.0618. The van der Waals surface area contributed by atoms with Gasteiger partial charge in [0.1, 0.15) is 11.4 Å². The van der Waals surface area contributed by atoms with Gasteiger partial charge in [0, 0.05) is 5.56 Å². The van der Waals surface area contributed by atoms with E-state index in [1.165, 1.54) is 6.92 Å². The van der Waals surface area contributed by atoms with Crippen molar-refractivity contribution in [2.75, 3.05) is 0 Å². The van der Waals surface area contributed by atoms with Gasteiger partial charge in [-0.1, -0.05) is 6.07 Å². The summed E-state index contributed by atoms with van der Waals surface area (Å²) in [7, 11) is 0. The Kier molecular flexibility index (Phi) is 2.34. The Labute approximate surface area is 94.4 Å². The fourth-order valence-electron chi connectivity index (χ4n) is 1.87. The highest BCUT2D eigenvalue weighted by Gasteiger charge is 2.32. The molecule has 2 rings (SSSR count). The maximum absolute atomic E-state index is 11.8. The second-order valence-electron chi connectivity index (χ2n) is 4.73. The van der Waals surface area contributed by atoms with Crippen molar-refractivity contribution in [3.8, 4) is 5.75 Å². The number of benzene rings is 1. The van der Waals surface area contributed by atoms with Crippen molar-refractivity contribution < 1.29 is 14.3 Å². The van der Waals surface area contributed by atoms with E-state index in [-0.39, 0.29) is 11.6 Å². The molecule has 1 aliphatic rings. The molecule has 0 amide bonds. The van der Waals surface area contributed by atoms with E-state index < -0.39 is 5.60 Å². The molecule has 0 atom stereocenters. The van der Waals surface area contributed by atoms with Crippen LogP contribution in [0, 0.1) is 0 Å². The normalized spacial score (nSPS) is 17.6. The molecule has 0 N–H and O–H groups in total. The van der Waals surface area contributed by atoms with Gasteiger partial charge in [-0.25, -0.2) is 0 Å². The first-order valence-corrected chi connectivity index (χ1v) is 5.26. The standard InChI is InChI=1S/C13H14O3/c1-8(14)9-4-5-10-11(15)7-13(2,3)16-12(10)6-9/h4-6H,7H2,1-3H3. The molecule has 0 radical (unpaired) electrons.